The van der Waals surface area contributed by atoms with E-state index in [9.17, 15) is 0 Å². The maximum Gasteiger partial charge on any atom is 0.140 e. The lowest BCUT2D eigenvalue weighted by Gasteiger charge is -2.23. The quantitative estimate of drug-likeness (QED) is 0.868. The number of pyridine rings is 1. The van der Waals surface area contributed by atoms with Crippen LogP contribution in [0.4, 0.5) is 11.5 Å². The fraction of sp³-hybridized carbons (Fsp3) is 0.583. The lowest BCUT2D eigenvalue weighted by atomic mass is 9.95. The lowest BCUT2D eigenvalue weighted by molar-refractivity contribution is 0.437. The van der Waals surface area contributed by atoms with E-state index in [-0.39, 0.29) is 0 Å². The molecular formula is C12H20BrN3. The van der Waals surface area contributed by atoms with Gasteiger partial charge in [-0.15, -0.1) is 0 Å². The summed E-state index contributed by atoms with van der Waals surface area (Å²) >= 11 is 3.46. The molecule has 4 heteroatoms. The number of anilines is 2. The second kappa shape index (κ2) is 6.09. The van der Waals surface area contributed by atoms with Crippen molar-refractivity contribution in [1.82, 2.24) is 4.98 Å². The van der Waals surface area contributed by atoms with Gasteiger partial charge in [0.1, 0.15) is 5.82 Å². The molecule has 0 radical (unpaired) electrons. The Labute approximate surface area is 106 Å². The highest BCUT2D eigenvalue weighted by Gasteiger charge is 2.14. The smallest absolute Gasteiger partial charge is 0.140 e. The molecule has 90 valence electrons. The summed E-state index contributed by atoms with van der Waals surface area (Å²) in [6, 6.07) is 2.29. The van der Waals surface area contributed by atoms with Gasteiger partial charge in [0, 0.05) is 6.04 Å². The summed E-state index contributed by atoms with van der Waals surface area (Å²) in [4.78, 5) is 4.29. The molecule has 0 aliphatic heterocycles. The van der Waals surface area contributed by atoms with Gasteiger partial charge in [-0.2, -0.15) is 0 Å². The van der Waals surface area contributed by atoms with Crippen LogP contribution in [0.3, 0.4) is 0 Å². The summed E-state index contributed by atoms with van der Waals surface area (Å²) in [5.74, 6) is 1.54. The number of nitrogens with one attached hydrogen (secondary N) is 1. The molecule has 16 heavy (non-hydrogen) atoms. The molecule has 1 aromatic rings. The highest BCUT2D eigenvalue weighted by atomic mass is 79.9. The molecule has 3 nitrogen and oxygen atoms in total. The van der Waals surface area contributed by atoms with E-state index in [1.165, 1.54) is 12.8 Å². The minimum Gasteiger partial charge on any atom is -0.397 e. The number of rotatable bonds is 5. The minimum atomic E-state index is 0.419. The van der Waals surface area contributed by atoms with Crippen LogP contribution >= 0.6 is 15.9 Å². The Kier molecular flexibility index (Phi) is 5.06. The number of hydrogen-bond donors (Lipinski definition) is 2. The summed E-state index contributed by atoms with van der Waals surface area (Å²) in [5.41, 5.74) is 6.32. The lowest BCUT2D eigenvalue weighted by Crippen LogP contribution is -2.25. The molecule has 1 unspecified atom stereocenters. The molecule has 1 aromatic heterocycles. The van der Waals surface area contributed by atoms with Crippen LogP contribution in [0, 0.1) is 5.92 Å². The third-order valence-electron chi connectivity index (χ3n) is 2.98. The standard InChI is InChI=1S/C12H20BrN3/c1-4-9(5-2)8(3)16-12-11(13)6-10(14)7-15-12/h6-9H,4-5,14H2,1-3H3,(H,15,16). The van der Waals surface area contributed by atoms with Crippen LogP contribution in [0.5, 0.6) is 0 Å². The topological polar surface area (TPSA) is 50.9 Å². The number of nitrogen functional groups attached to an aromatic ring is 1. The maximum atomic E-state index is 5.65. The fourth-order valence-electron chi connectivity index (χ4n) is 1.89. The minimum absolute atomic E-state index is 0.419. The van der Waals surface area contributed by atoms with Gasteiger partial charge in [-0.05, 0) is 34.8 Å². The van der Waals surface area contributed by atoms with Crippen LogP contribution in [0.25, 0.3) is 0 Å². The highest BCUT2D eigenvalue weighted by Crippen LogP contribution is 2.24. The molecule has 0 aliphatic rings. The third-order valence-corrected chi connectivity index (χ3v) is 3.59. The van der Waals surface area contributed by atoms with Crippen molar-refractivity contribution in [1.29, 1.82) is 0 Å². The summed E-state index contributed by atoms with van der Waals surface area (Å²) < 4.78 is 0.922. The molecule has 0 bridgehead atoms. The molecule has 3 N–H and O–H groups in total. The van der Waals surface area contributed by atoms with E-state index >= 15 is 0 Å². The number of hydrogen-bond acceptors (Lipinski definition) is 3. The van der Waals surface area contributed by atoms with E-state index in [2.05, 4.69) is 47.0 Å². The zero-order valence-electron chi connectivity index (χ0n) is 10.1. The van der Waals surface area contributed by atoms with Crippen molar-refractivity contribution in [2.24, 2.45) is 5.92 Å². The van der Waals surface area contributed by atoms with Crippen molar-refractivity contribution in [2.45, 2.75) is 39.7 Å². The molecule has 0 amide bonds. The molecule has 1 rings (SSSR count). The number of aromatic nitrogens is 1. The van der Waals surface area contributed by atoms with Crippen LogP contribution in [-0.4, -0.2) is 11.0 Å². The first-order valence-corrected chi connectivity index (χ1v) is 6.55. The Morgan fingerprint density at radius 2 is 2.06 bits per heavy atom. The molecule has 1 atom stereocenters. The Hall–Kier alpha value is -0.770. The van der Waals surface area contributed by atoms with Crippen LogP contribution in [0.1, 0.15) is 33.6 Å². The molecule has 0 aliphatic carbocycles. The van der Waals surface area contributed by atoms with E-state index in [0.29, 0.717) is 17.6 Å². The molecule has 1 heterocycles. The van der Waals surface area contributed by atoms with Gasteiger partial charge >= 0.3 is 0 Å². The summed E-state index contributed by atoms with van der Waals surface area (Å²) in [6.45, 7) is 6.64. The van der Waals surface area contributed by atoms with Gasteiger partial charge in [0.25, 0.3) is 0 Å². The fourth-order valence-corrected chi connectivity index (χ4v) is 2.37. The van der Waals surface area contributed by atoms with Gasteiger partial charge in [0.15, 0.2) is 0 Å². The van der Waals surface area contributed by atoms with E-state index in [0.717, 1.165) is 10.3 Å². The van der Waals surface area contributed by atoms with Gasteiger partial charge in [0.2, 0.25) is 0 Å². The van der Waals surface area contributed by atoms with Crippen LogP contribution in [0.15, 0.2) is 16.7 Å². The number of nitrogens with two attached hydrogens (primary N) is 1. The Morgan fingerprint density at radius 1 is 1.44 bits per heavy atom. The summed E-state index contributed by atoms with van der Waals surface area (Å²) in [5, 5.41) is 3.43. The summed E-state index contributed by atoms with van der Waals surface area (Å²) in [7, 11) is 0. The Bertz CT molecular complexity index is 337. The Morgan fingerprint density at radius 3 is 2.56 bits per heavy atom. The van der Waals surface area contributed by atoms with Gasteiger partial charge < -0.3 is 11.1 Å². The van der Waals surface area contributed by atoms with E-state index in [1.807, 2.05) is 6.07 Å². The first kappa shape index (κ1) is 13.3. The highest BCUT2D eigenvalue weighted by molar-refractivity contribution is 9.10. The number of halogens is 1. The predicted molar refractivity (Wildman–Crippen MR) is 73.5 cm³/mol. The van der Waals surface area contributed by atoms with Gasteiger partial charge in [-0.3, -0.25) is 0 Å². The second-order valence-electron chi connectivity index (χ2n) is 4.11. The van der Waals surface area contributed by atoms with Gasteiger partial charge in [-0.25, -0.2) is 4.98 Å². The van der Waals surface area contributed by atoms with Crippen LogP contribution in [-0.2, 0) is 0 Å². The zero-order valence-corrected chi connectivity index (χ0v) is 11.7. The van der Waals surface area contributed by atoms with E-state index < -0.39 is 0 Å². The average Bonchev–Trinajstić information content (AvgIpc) is 2.24. The van der Waals surface area contributed by atoms with E-state index in [4.69, 9.17) is 5.73 Å². The molecule has 0 fully saturated rings. The molecular weight excluding hydrogens is 266 g/mol. The van der Waals surface area contributed by atoms with Crippen LogP contribution < -0.4 is 11.1 Å². The first-order chi connectivity index (χ1) is 7.58. The van der Waals surface area contributed by atoms with Gasteiger partial charge in [0.05, 0.1) is 16.4 Å². The third kappa shape index (κ3) is 3.37. The van der Waals surface area contributed by atoms with Crippen molar-refractivity contribution in [2.75, 3.05) is 11.1 Å². The van der Waals surface area contributed by atoms with Crippen molar-refractivity contribution >= 4 is 27.4 Å². The van der Waals surface area contributed by atoms with Crippen molar-refractivity contribution in [3.05, 3.63) is 16.7 Å². The monoisotopic (exact) mass is 285 g/mol. The molecule has 0 saturated carbocycles. The molecule has 0 aromatic carbocycles. The van der Waals surface area contributed by atoms with Crippen molar-refractivity contribution in [3.8, 4) is 0 Å². The predicted octanol–water partition coefficient (Wildman–Crippen LogP) is 3.66. The van der Waals surface area contributed by atoms with Crippen molar-refractivity contribution in [3.63, 3.8) is 0 Å². The van der Waals surface area contributed by atoms with Crippen molar-refractivity contribution < 1.29 is 0 Å². The SMILES string of the molecule is CCC(CC)C(C)Nc1ncc(N)cc1Br. The zero-order chi connectivity index (χ0) is 12.1. The van der Waals surface area contributed by atoms with E-state index in [1.54, 1.807) is 6.20 Å². The Balaban J connectivity index is 2.72. The number of nitrogens with zero attached hydrogens (tertiary/aromatic N) is 1. The maximum absolute atomic E-state index is 5.65. The van der Waals surface area contributed by atoms with Gasteiger partial charge in [-0.1, -0.05) is 26.7 Å². The molecule has 0 spiro atoms. The first-order valence-electron chi connectivity index (χ1n) is 5.76. The molecule has 0 saturated heterocycles. The summed E-state index contributed by atoms with van der Waals surface area (Å²) in [6.07, 6.45) is 4.03. The largest absolute Gasteiger partial charge is 0.397 e. The second-order valence-corrected chi connectivity index (χ2v) is 4.96. The average molecular weight is 286 g/mol. The van der Waals surface area contributed by atoms with Crippen LogP contribution in [0.2, 0.25) is 0 Å². The normalized spacial score (nSPS) is 12.8.